The van der Waals surface area contributed by atoms with Crippen molar-refractivity contribution in [1.82, 2.24) is 14.9 Å². The van der Waals surface area contributed by atoms with Gasteiger partial charge in [-0.2, -0.15) is 0 Å². The number of imidazole rings is 1. The number of nitrogens with one attached hydrogen (secondary N) is 1. The Kier molecular flexibility index (Phi) is 2.33. The van der Waals surface area contributed by atoms with Crippen LogP contribution < -0.4 is 5.32 Å². The highest BCUT2D eigenvalue weighted by Gasteiger charge is 2.18. The Balaban J connectivity index is 2.19. The molecule has 0 bridgehead atoms. The van der Waals surface area contributed by atoms with Gasteiger partial charge in [0, 0.05) is 12.2 Å². The lowest BCUT2D eigenvalue weighted by atomic mass is 10.2. The molecule has 1 aromatic heterocycles. The molecule has 0 unspecified atom stereocenters. The molecule has 1 saturated heterocycles. The first kappa shape index (κ1) is 8.33. The highest BCUT2D eigenvalue weighted by atomic mass is 15.1. The summed E-state index contributed by atoms with van der Waals surface area (Å²) in [5, 5.41) is 3.43. The molecular weight excluding hydrogens is 162 g/mol. The lowest BCUT2D eigenvalue weighted by molar-refractivity contribution is 0.590. The Morgan fingerprint density at radius 3 is 3.38 bits per heavy atom. The first-order valence-electron chi connectivity index (χ1n) is 4.58. The monoisotopic (exact) mass is 175 g/mol. The molecular formula is C10H13N3. The van der Waals surface area contributed by atoms with Crippen molar-refractivity contribution in [3.8, 4) is 12.3 Å². The fourth-order valence-electron chi connectivity index (χ4n) is 1.79. The quantitative estimate of drug-likeness (QED) is 0.678. The van der Waals surface area contributed by atoms with Gasteiger partial charge >= 0.3 is 0 Å². The summed E-state index contributed by atoms with van der Waals surface area (Å²) in [6, 6.07) is 0.454. The van der Waals surface area contributed by atoms with E-state index >= 15 is 0 Å². The van der Waals surface area contributed by atoms with Crippen molar-refractivity contribution in [2.45, 2.75) is 25.4 Å². The zero-order chi connectivity index (χ0) is 9.10. The highest BCUT2D eigenvalue weighted by Crippen LogP contribution is 2.22. The van der Waals surface area contributed by atoms with E-state index in [4.69, 9.17) is 6.42 Å². The average molecular weight is 175 g/mol. The predicted octanol–water partition coefficient (Wildman–Crippen LogP) is 0.941. The van der Waals surface area contributed by atoms with Gasteiger partial charge in [-0.15, -0.1) is 6.42 Å². The Morgan fingerprint density at radius 2 is 2.69 bits per heavy atom. The summed E-state index contributed by atoms with van der Waals surface area (Å²) in [6.45, 7) is 1.72. The van der Waals surface area contributed by atoms with E-state index in [1.807, 2.05) is 10.8 Å². The molecule has 1 aliphatic heterocycles. The van der Waals surface area contributed by atoms with Crippen molar-refractivity contribution < 1.29 is 0 Å². The van der Waals surface area contributed by atoms with E-state index < -0.39 is 0 Å². The van der Waals surface area contributed by atoms with Crippen LogP contribution in [0.4, 0.5) is 0 Å². The van der Waals surface area contributed by atoms with E-state index in [1.165, 1.54) is 18.5 Å². The summed E-state index contributed by atoms with van der Waals surface area (Å²) in [6.07, 6.45) is 11.4. The SMILES string of the molecule is C#CCn1cncc1[C@@H]1CCCN1. The standard InChI is InChI=1S/C10H13N3/c1-2-6-13-8-11-7-10(13)9-4-3-5-12-9/h1,7-9,12H,3-6H2/t9-/m0/s1. The van der Waals surface area contributed by atoms with Crippen LogP contribution in [-0.4, -0.2) is 16.1 Å². The maximum absolute atomic E-state index is 5.27. The second-order valence-corrected chi connectivity index (χ2v) is 3.30. The molecule has 1 aromatic rings. The molecule has 0 amide bonds. The summed E-state index contributed by atoms with van der Waals surface area (Å²) >= 11 is 0. The molecule has 1 aliphatic rings. The fraction of sp³-hybridized carbons (Fsp3) is 0.500. The summed E-state index contributed by atoms with van der Waals surface area (Å²) in [5.74, 6) is 2.63. The molecule has 3 heteroatoms. The molecule has 0 saturated carbocycles. The molecule has 2 heterocycles. The van der Waals surface area contributed by atoms with Gasteiger partial charge in [-0.1, -0.05) is 5.92 Å². The molecule has 1 atom stereocenters. The van der Waals surface area contributed by atoms with Crippen molar-refractivity contribution in [3.05, 3.63) is 18.2 Å². The van der Waals surface area contributed by atoms with Gasteiger partial charge in [0.2, 0.25) is 0 Å². The van der Waals surface area contributed by atoms with E-state index in [0.717, 1.165) is 6.54 Å². The predicted molar refractivity (Wildman–Crippen MR) is 51.0 cm³/mol. The van der Waals surface area contributed by atoms with E-state index in [0.29, 0.717) is 12.6 Å². The third kappa shape index (κ3) is 1.58. The van der Waals surface area contributed by atoms with Crippen LogP contribution in [-0.2, 0) is 6.54 Å². The summed E-state index contributed by atoms with van der Waals surface area (Å²) < 4.78 is 2.03. The summed E-state index contributed by atoms with van der Waals surface area (Å²) in [7, 11) is 0. The molecule has 3 nitrogen and oxygen atoms in total. The van der Waals surface area contributed by atoms with E-state index in [9.17, 15) is 0 Å². The van der Waals surface area contributed by atoms with Crippen molar-refractivity contribution >= 4 is 0 Å². The van der Waals surface area contributed by atoms with Crippen LogP contribution in [0.1, 0.15) is 24.6 Å². The van der Waals surface area contributed by atoms with Gasteiger partial charge in [-0.25, -0.2) is 4.98 Å². The zero-order valence-corrected chi connectivity index (χ0v) is 7.53. The molecule has 0 radical (unpaired) electrons. The van der Waals surface area contributed by atoms with Crippen LogP contribution >= 0.6 is 0 Å². The van der Waals surface area contributed by atoms with Crippen LogP contribution in [0.5, 0.6) is 0 Å². The second-order valence-electron chi connectivity index (χ2n) is 3.30. The molecule has 0 aromatic carbocycles. The van der Waals surface area contributed by atoms with Gasteiger partial charge in [-0.05, 0) is 19.4 Å². The van der Waals surface area contributed by atoms with Crippen LogP contribution in [0.2, 0.25) is 0 Å². The smallest absolute Gasteiger partial charge is 0.0957 e. The maximum atomic E-state index is 5.27. The zero-order valence-electron chi connectivity index (χ0n) is 7.53. The van der Waals surface area contributed by atoms with Gasteiger partial charge in [0.25, 0.3) is 0 Å². The van der Waals surface area contributed by atoms with Crippen LogP contribution in [0, 0.1) is 12.3 Å². The minimum Gasteiger partial charge on any atom is -0.321 e. The number of hydrogen-bond acceptors (Lipinski definition) is 2. The van der Waals surface area contributed by atoms with Crippen LogP contribution in [0.3, 0.4) is 0 Å². The molecule has 0 aliphatic carbocycles. The molecule has 0 spiro atoms. The van der Waals surface area contributed by atoms with Gasteiger partial charge in [0.15, 0.2) is 0 Å². The molecule has 13 heavy (non-hydrogen) atoms. The topological polar surface area (TPSA) is 29.9 Å². The minimum absolute atomic E-state index is 0.454. The highest BCUT2D eigenvalue weighted by molar-refractivity contribution is 5.08. The normalized spacial score (nSPS) is 21.6. The third-order valence-electron chi connectivity index (χ3n) is 2.42. The van der Waals surface area contributed by atoms with E-state index in [-0.39, 0.29) is 0 Å². The Bertz CT molecular complexity index is 315. The summed E-state index contributed by atoms with van der Waals surface area (Å²) in [4.78, 5) is 4.11. The van der Waals surface area contributed by atoms with Gasteiger partial charge in [-0.3, -0.25) is 0 Å². The fourth-order valence-corrected chi connectivity index (χ4v) is 1.79. The molecule has 2 rings (SSSR count). The molecule has 68 valence electrons. The van der Waals surface area contributed by atoms with Crippen LogP contribution in [0.15, 0.2) is 12.5 Å². The number of aromatic nitrogens is 2. The van der Waals surface area contributed by atoms with Gasteiger partial charge < -0.3 is 9.88 Å². The largest absolute Gasteiger partial charge is 0.321 e. The number of terminal acetylenes is 1. The summed E-state index contributed by atoms with van der Waals surface area (Å²) in [5.41, 5.74) is 1.22. The van der Waals surface area contributed by atoms with E-state index in [2.05, 4.69) is 16.2 Å². The third-order valence-corrected chi connectivity index (χ3v) is 2.42. The van der Waals surface area contributed by atoms with Crippen molar-refractivity contribution in [1.29, 1.82) is 0 Å². The van der Waals surface area contributed by atoms with Gasteiger partial charge in [0.05, 0.1) is 18.6 Å². The number of rotatable bonds is 2. The van der Waals surface area contributed by atoms with Crippen molar-refractivity contribution in [2.75, 3.05) is 6.54 Å². The molecule has 1 fully saturated rings. The second kappa shape index (κ2) is 3.63. The Morgan fingerprint density at radius 1 is 1.77 bits per heavy atom. The first-order chi connectivity index (χ1) is 6.42. The maximum Gasteiger partial charge on any atom is 0.0957 e. The Labute approximate surface area is 78.2 Å². The van der Waals surface area contributed by atoms with Crippen molar-refractivity contribution in [2.24, 2.45) is 0 Å². The molecule has 1 N–H and O–H groups in total. The number of hydrogen-bond donors (Lipinski definition) is 1. The van der Waals surface area contributed by atoms with Gasteiger partial charge in [0.1, 0.15) is 0 Å². The first-order valence-corrected chi connectivity index (χ1v) is 4.58. The minimum atomic E-state index is 0.454. The van der Waals surface area contributed by atoms with E-state index in [1.54, 1.807) is 6.33 Å². The average Bonchev–Trinajstić information content (AvgIpc) is 2.71. The Hall–Kier alpha value is -1.27. The lowest BCUT2D eigenvalue weighted by Gasteiger charge is -2.11. The van der Waals surface area contributed by atoms with Crippen molar-refractivity contribution in [3.63, 3.8) is 0 Å². The van der Waals surface area contributed by atoms with Crippen LogP contribution in [0.25, 0.3) is 0 Å². The lowest BCUT2D eigenvalue weighted by Crippen LogP contribution is -2.16. The number of nitrogens with zero attached hydrogens (tertiary/aromatic N) is 2.